The van der Waals surface area contributed by atoms with Gasteiger partial charge in [0, 0.05) is 19.3 Å². The number of ether oxygens (including phenoxy) is 1. The van der Waals surface area contributed by atoms with Crippen LogP contribution in [0.25, 0.3) is 11.0 Å². The van der Waals surface area contributed by atoms with Crippen molar-refractivity contribution in [3.63, 3.8) is 0 Å². The molecular weight excluding hydrogens is 228 g/mol. The fourth-order valence-electron chi connectivity index (χ4n) is 1.73. The van der Waals surface area contributed by atoms with Gasteiger partial charge in [-0.2, -0.15) is 0 Å². The molecule has 0 aliphatic rings. The van der Waals surface area contributed by atoms with Crippen LogP contribution < -0.4 is 10.6 Å². The van der Waals surface area contributed by atoms with Gasteiger partial charge in [-0.05, 0) is 32.0 Å². The van der Waals surface area contributed by atoms with Crippen molar-refractivity contribution in [2.45, 2.75) is 20.0 Å². The van der Waals surface area contributed by atoms with E-state index in [1.54, 1.807) is 0 Å². The summed E-state index contributed by atoms with van der Waals surface area (Å²) in [6.07, 6.45) is 0.258. The van der Waals surface area contributed by atoms with Gasteiger partial charge in [0.1, 0.15) is 0 Å². The predicted molar refractivity (Wildman–Crippen MR) is 74.9 cm³/mol. The lowest BCUT2D eigenvalue weighted by Gasteiger charge is -2.16. The van der Waals surface area contributed by atoms with Gasteiger partial charge in [0.25, 0.3) is 0 Å². The number of fused-ring (bicyclic) bond motifs is 1. The number of nitrogen functional groups attached to an aromatic ring is 1. The van der Waals surface area contributed by atoms with Gasteiger partial charge < -0.3 is 20.4 Å². The molecule has 1 aromatic heterocycles. The van der Waals surface area contributed by atoms with Gasteiger partial charge in [0.05, 0.1) is 23.7 Å². The molecule has 0 amide bonds. The Bertz CT molecular complexity index is 521. The summed E-state index contributed by atoms with van der Waals surface area (Å²) in [5.74, 6) is 0.836. The van der Waals surface area contributed by atoms with Gasteiger partial charge in [-0.1, -0.05) is 0 Å². The molecule has 5 heteroatoms. The maximum Gasteiger partial charge on any atom is 0.203 e. The molecule has 0 saturated carbocycles. The zero-order chi connectivity index (χ0) is 13.1. The summed E-state index contributed by atoms with van der Waals surface area (Å²) in [7, 11) is 1.99. The SMILES string of the molecule is CC(C)OCCN(C)c1nc2ccc(N)cc2[nH]1. The van der Waals surface area contributed by atoms with E-state index in [1.165, 1.54) is 0 Å². The van der Waals surface area contributed by atoms with Crippen LogP contribution in [-0.4, -0.2) is 36.3 Å². The number of benzene rings is 1. The molecular formula is C13H20N4O. The lowest BCUT2D eigenvalue weighted by molar-refractivity contribution is 0.0845. The monoisotopic (exact) mass is 248 g/mol. The maximum atomic E-state index is 5.74. The quantitative estimate of drug-likeness (QED) is 0.794. The first kappa shape index (κ1) is 12.7. The van der Waals surface area contributed by atoms with Gasteiger partial charge in [-0.15, -0.1) is 0 Å². The van der Waals surface area contributed by atoms with Crippen molar-refractivity contribution >= 4 is 22.7 Å². The topological polar surface area (TPSA) is 67.2 Å². The molecule has 0 saturated heterocycles. The van der Waals surface area contributed by atoms with Crippen LogP contribution in [0.5, 0.6) is 0 Å². The number of rotatable bonds is 5. The summed E-state index contributed by atoms with van der Waals surface area (Å²) in [6.45, 7) is 5.55. The van der Waals surface area contributed by atoms with E-state index < -0.39 is 0 Å². The largest absolute Gasteiger partial charge is 0.399 e. The number of hydrogen-bond acceptors (Lipinski definition) is 4. The van der Waals surface area contributed by atoms with E-state index in [0.717, 1.165) is 29.2 Å². The number of aromatic nitrogens is 2. The van der Waals surface area contributed by atoms with Crippen molar-refractivity contribution in [2.24, 2.45) is 0 Å². The summed E-state index contributed by atoms with van der Waals surface area (Å²) in [6, 6.07) is 5.67. The zero-order valence-electron chi connectivity index (χ0n) is 11.1. The summed E-state index contributed by atoms with van der Waals surface area (Å²) in [5, 5.41) is 0. The number of nitrogens with zero attached hydrogens (tertiary/aromatic N) is 2. The Hall–Kier alpha value is -1.75. The van der Waals surface area contributed by atoms with E-state index in [2.05, 4.69) is 9.97 Å². The van der Waals surface area contributed by atoms with Crippen molar-refractivity contribution in [2.75, 3.05) is 30.8 Å². The molecule has 0 atom stereocenters. The summed E-state index contributed by atoms with van der Waals surface area (Å²) >= 11 is 0. The number of anilines is 2. The lowest BCUT2D eigenvalue weighted by Crippen LogP contribution is -2.24. The Labute approximate surface area is 107 Å². The molecule has 18 heavy (non-hydrogen) atoms. The third-order valence-corrected chi connectivity index (χ3v) is 2.73. The molecule has 1 heterocycles. The highest BCUT2D eigenvalue weighted by Gasteiger charge is 2.07. The standard InChI is InChI=1S/C13H20N4O/c1-9(2)18-7-6-17(3)13-15-11-5-4-10(14)8-12(11)16-13/h4-5,8-9H,6-7,14H2,1-3H3,(H,15,16). The molecule has 0 aliphatic carbocycles. The third-order valence-electron chi connectivity index (χ3n) is 2.73. The van der Waals surface area contributed by atoms with Gasteiger partial charge in [0.2, 0.25) is 5.95 Å². The second kappa shape index (κ2) is 5.27. The first-order chi connectivity index (χ1) is 8.56. The number of likely N-dealkylation sites (N-methyl/N-ethyl adjacent to an activating group) is 1. The van der Waals surface area contributed by atoms with Gasteiger partial charge in [0.15, 0.2) is 0 Å². The number of nitrogens with one attached hydrogen (secondary N) is 1. The van der Waals surface area contributed by atoms with Crippen LogP contribution in [0.4, 0.5) is 11.6 Å². The van der Waals surface area contributed by atoms with E-state index in [4.69, 9.17) is 10.5 Å². The number of nitrogens with two attached hydrogens (primary N) is 1. The number of imidazole rings is 1. The van der Waals surface area contributed by atoms with E-state index in [-0.39, 0.29) is 6.10 Å². The van der Waals surface area contributed by atoms with Gasteiger partial charge >= 0.3 is 0 Å². The first-order valence-electron chi connectivity index (χ1n) is 6.14. The van der Waals surface area contributed by atoms with Crippen LogP contribution >= 0.6 is 0 Å². The van der Waals surface area contributed by atoms with Crippen molar-refractivity contribution in [1.29, 1.82) is 0 Å². The van der Waals surface area contributed by atoms with Crippen LogP contribution in [0, 0.1) is 0 Å². The predicted octanol–water partition coefficient (Wildman–Crippen LogP) is 2.01. The van der Waals surface area contributed by atoms with Crippen LogP contribution in [0.3, 0.4) is 0 Å². The van der Waals surface area contributed by atoms with Crippen molar-refractivity contribution in [3.05, 3.63) is 18.2 Å². The Kier molecular flexibility index (Phi) is 3.72. The molecule has 0 radical (unpaired) electrons. The zero-order valence-corrected chi connectivity index (χ0v) is 11.1. The lowest BCUT2D eigenvalue weighted by atomic mass is 10.3. The maximum absolute atomic E-state index is 5.74. The van der Waals surface area contributed by atoms with Crippen LogP contribution in [-0.2, 0) is 4.74 Å². The minimum absolute atomic E-state index is 0.258. The van der Waals surface area contributed by atoms with E-state index >= 15 is 0 Å². The van der Waals surface area contributed by atoms with Crippen LogP contribution in [0.15, 0.2) is 18.2 Å². The fourth-order valence-corrected chi connectivity index (χ4v) is 1.73. The Balaban J connectivity index is 2.06. The Morgan fingerprint density at radius 3 is 2.94 bits per heavy atom. The highest BCUT2D eigenvalue weighted by atomic mass is 16.5. The molecule has 0 bridgehead atoms. The fraction of sp³-hybridized carbons (Fsp3) is 0.462. The Morgan fingerprint density at radius 1 is 1.44 bits per heavy atom. The molecule has 2 rings (SSSR count). The number of aromatic amines is 1. The molecule has 0 aliphatic heterocycles. The van der Waals surface area contributed by atoms with Crippen LogP contribution in [0.2, 0.25) is 0 Å². The second-order valence-electron chi connectivity index (χ2n) is 4.68. The molecule has 3 N–H and O–H groups in total. The Morgan fingerprint density at radius 2 is 2.22 bits per heavy atom. The van der Waals surface area contributed by atoms with Crippen LogP contribution in [0.1, 0.15) is 13.8 Å². The van der Waals surface area contributed by atoms with Crippen molar-refractivity contribution in [3.8, 4) is 0 Å². The second-order valence-corrected chi connectivity index (χ2v) is 4.68. The van der Waals surface area contributed by atoms with Crippen molar-refractivity contribution in [1.82, 2.24) is 9.97 Å². The normalized spacial score (nSPS) is 11.3. The average Bonchev–Trinajstić information content (AvgIpc) is 2.71. The highest BCUT2D eigenvalue weighted by Crippen LogP contribution is 2.18. The smallest absolute Gasteiger partial charge is 0.203 e. The summed E-state index contributed by atoms with van der Waals surface area (Å²) in [4.78, 5) is 9.80. The molecule has 0 unspecified atom stereocenters. The minimum atomic E-state index is 0.258. The van der Waals surface area contributed by atoms with E-state index in [1.807, 2.05) is 44.0 Å². The van der Waals surface area contributed by atoms with Crippen molar-refractivity contribution < 1.29 is 4.74 Å². The first-order valence-corrected chi connectivity index (χ1v) is 6.14. The molecule has 5 nitrogen and oxygen atoms in total. The third kappa shape index (κ3) is 2.92. The molecule has 1 aromatic carbocycles. The number of hydrogen-bond donors (Lipinski definition) is 2. The molecule has 98 valence electrons. The molecule has 0 fully saturated rings. The van der Waals surface area contributed by atoms with E-state index in [0.29, 0.717) is 6.61 Å². The van der Waals surface area contributed by atoms with E-state index in [9.17, 15) is 0 Å². The average molecular weight is 248 g/mol. The van der Waals surface area contributed by atoms with Gasteiger partial charge in [-0.3, -0.25) is 0 Å². The molecule has 0 spiro atoms. The van der Waals surface area contributed by atoms with Gasteiger partial charge in [-0.25, -0.2) is 4.98 Å². The summed E-state index contributed by atoms with van der Waals surface area (Å²) in [5.41, 5.74) is 8.37. The molecule has 2 aromatic rings. The summed E-state index contributed by atoms with van der Waals surface area (Å²) < 4.78 is 5.52. The minimum Gasteiger partial charge on any atom is -0.399 e. The number of H-pyrrole nitrogens is 1. The highest BCUT2D eigenvalue weighted by molar-refractivity contribution is 5.80.